The second-order valence-corrected chi connectivity index (χ2v) is 7.44. The topological polar surface area (TPSA) is 58.6 Å². The van der Waals surface area contributed by atoms with Crippen LogP contribution >= 0.6 is 27.7 Å². The maximum atomic E-state index is 12.5. The van der Waals surface area contributed by atoms with Gasteiger partial charge in [0.25, 0.3) is 0 Å². The van der Waals surface area contributed by atoms with E-state index in [1.54, 1.807) is 0 Å². The zero-order valence-electron chi connectivity index (χ0n) is 13.4. The first kappa shape index (κ1) is 17.8. The minimum atomic E-state index is -0.531. The van der Waals surface area contributed by atoms with E-state index in [0.717, 1.165) is 10.0 Å². The number of benzene rings is 2. The van der Waals surface area contributed by atoms with E-state index in [2.05, 4.69) is 21.2 Å². The molecule has 0 radical (unpaired) electrons. The van der Waals surface area contributed by atoms with Gasteiger partial charge in [-0.05, 0) is 29.8 Å². The molecule has 130 valence electrons. The first-order valence-corrected chi connectivity index (χ1v) is 9.70. The van der Waals surface area contributed by atoms with E-state index in [0.29, 0.717) is 17.3 Å². The first-order chi connectivity index (χ1) is 12.1. The Morgan fingerprint density at radius 3 is 2.60 bits per heavy atom. The summed E-state index contributed by atoms with van der Waals surface area (Å²) in [5.74, 6) is 0.804. The van der Waals surface area contributed by atoms with Crippen molar-refractivity contribution in [2.75, 3.05) is 16.9 Å². The fraction of sp³-hybridized carbons (Fsp3) is 0.222. The van der Waals surface area contributed by atoms with Crippen LogP contribution < -0.4 is 5.32 Å². The van der Waals surface area contributed by atoms with E-state index in [1.807, 2.05) is 54.6 Å². The number of nitrogens with one attached hydrogen (secondary N) is 1. The molecule has 25 heavy (non-hydrogen) atoms. The zero-order chi connectivity index (χ0) is 17.6. The Morgan fingerprint density at radius 2 is 1.88 bits per heavy atom. The summed E-state index contributed by atoms with van der Waals surface area (Å²) in [6, 6.07) is 16.3. The standard InChI is InChI=1S/C18H17BrN2O3S/c19-14-6-8-15(9-7-14)20-17(22)16-11-25-12-21(16)18(23)24-10-13-4-2-1-3-5-13/h1-9,16H,10-12H2,(H,20,22). The molecule has 1 heterocycles. The van der Waals surface area contributed by atoms with Gasteiger partial charge in [-0.25, -0.2) is 4.79 Å². The van der Waals surface area contributed by atoms with Crippen molar-refractivity contribution >= 4 is 45.4 Å². The molecule has 1 fully saturated rings. The van der Waals surface area contributed by atoms with Crippen LogP contribution in [-0.4, -0.2) is 34.6 Å². The third kappa shape index (κ3) is 4.76. The van der Waals surface area contributed by atoms with Gasteiger partial charge in [0.05, 0.1) is 5.88 Å². The van der Waals surface area contributed by atoms with Crippen LogP contribution in [0.1, 0.15) is 5.56 Å². The molecule has 0 bridgehead atoms. The second kappa shape index (κ2) is 8.40. The normalized spacial score (nSPS) is 16.5. The lowest BCUT2D eigenvalue weighted by Crippen LogP contribution is -2.44. The van der Waals surface area contributed by atoms with Gasteiger partial charge in [0.15, 0.2) is 0 Å². The molecule has 2 aromatic rings. The molecule has 0 aromatic heterocycles. The summed E-state index contributed by atoms with van der Waals surface area (Å²) in [5.41, 5.74) is 1.61. The van der Waals surface area contributed by atoms with Gasteiger partial charge in [-0.2, -0.15) is 0 Å². The number of carbonyl (C=O) groups is 2. The second-order valence-electron chi connectivity index (χ2n) is 5.52. The average molecular weight is 421 g/mol. The van der Waals surface area contributed by atoms with Crippen LogP contribution in [0.15, 0.2) is 59.1 Å². The summed E-state index contributed by atoms with van der Waals surface area (Å²) >= 11 is 4.90. The van der Waals surface area contributed by atoms with Gasteiger partial charge in [0.2, 0.25) is 5.91 Å². The SMILES string of the molecule is O=C(Nc1ccc(Br)cc1)C1CSCN1C(=O)OCc1ccccc1. The Bertz CT molecular complexity index is 740. The van der Waals surface area contributed by atoms with Gasteiger partial charge < -0.3 is 10.1 Å². The van der Waals surface area contributed by atoms with Crippen LogP contribution in [0.4, 0.5) is 10.5 Å². The van der Waals surface area contributed by atoms with Gasteiger partial charge in [0, 0.05) is 15.9 Å². The summed E-state index contributed by atoms with van der Waals surface area (Å²) < 4.78 is 6.28. The minimum absolute atomic E-state index is 0.196. The molecule has 0 saturated carbocycles. The number of rotatable bonds is 4. The number of hydrogen-bond donors (Lipinski definition) is 1. The molecule has 1 N–H and O–H groups in total. The number of hydrogen-bond acceptors (Lipinski definition) is 4. The molecule has 1 unspecified atom stereocenters. The molecular weight excluding hydrogens is 404 g/mol. The van der Waals surface area contributed by atoms with E-state index < -0.39 is 12.1 Å². The molecule has 5 nitrogen and oxygen atoms in total. The van der Waals surface area contributed by atoms with Crippen LogP contribution in [-0.2, 0) is 16.1 Å². The van der Waals surface area contributed by atoms with E-state index in [4.69, 9.17) is 4.74 Å². The minimum Gasteiger partial charge on any atom is -0.445 e. The fourth-order valence-corrected chi connectivity index (χ4v) is 3.81. The molecule has 1 aliphatic heterocycles. The highest BCUT2D eigenvalue weighted by Crippen LogP contribution is 2.24. The maximum absolute atomic E-state index is 12.5. The molecule has 0 aliphatic carbocycles. The highest BCUT2D eigenvalue weighted by molar-refractivity contribution is 9.10. The van der Waals surface area contributed by atoms with Crippen LogP contribution in [0, 0.1) is 0 Å². The Hall–Kier alpha value is -1.99. The molecule has 7 heteroatoms. The average Bonchev–Trinajstić information content (AvgIpc) is 3.12. The van der Waals surface area contributed by atoms with Crippen LogP contribution in [0.5, 0.6) is 0 Å². The number of amides is 2. The van der Waals surface area contributed by atoms with Crippen LogP contribution in [0.3, 0.4) is 0 Å². The van der Waals surface area contributed by atoms with Crippen LogP contribution in [0.25, 0.3) is 0 Å². The van der Waals surface area contributed by atoms with Gasteiger partial charge in [0.1, 0.15) is 12.6 Å². The van der Waals surface area contributed by atoms with Crippen LogP contribution in [0.2, 0.25) is 0 Å². The van der Waals surface area contributed by atoms with Crippen molar-refractivity contribution in [2.45, 2.75) is 12.6 Å². The number of ether oxygens (including phenoxy) is 1. The predicted octanol–water partition coefficient (Wildman–Crippen LogP) is 4.10. The van der Waals surface area contributed by atoms with E-state index in [-0.39, 0.29) is 12.5 Å². The first-order valence-electron chi connectivity index (χ1n) is 7.75. The Morgan fingerprint density at radius 1 is 1.16 bits per heavy atom. The summed E-state index contributed by atoms with van der Waals surface area (Å²) in [5, 5.41) is 2.85. The Balaban J connectivity index is 1.58. The maximum Gasteiger partial charge on any atom is 0.411 e. The summed E-state index contributed by atoms with van der Waals surface area (Å²) in [6.45, 7) is 0.196. The molecule has 2 amide bonds. The number of thioether (sulfide) groups is 1. The van der Waals surface area contributed by atoms with Crippen molar-refractivity contribution < 1.29 is 14.3 Å². The van der Waals surface area contributed by atoms with Crippen molar-refractivity contribution in [2.24, 2.45) is 0 Å². The van der Waals surface area contributed by atoms with Gasteiger partial charge in [-0.15, -0.1) is 11.8 Å². The molecule has 2 aromatic carbocycles. The third-order valence-electron chi connectivity index (χ3n) is 3.74. The van der Waals surface area contributed by atoms with Gasteiger partial charge in [-0.3, -0.25) is 9.69 Å². The quantitative estimate of drug-likeness (QED) is 0.808. The van der Waals surface area contributed by atoms with E-state index in [9.17, 15) is 9.59 Å². The van der Waals surface area contributed by atoms with Crippen molar-refractivity contribution in [1.82, 2.24) is 4.90 Å². The highest BCUT2D eigenvalue weighted by atomic mass is 79.9. The van der Waals surface area contributed by atoms with Gasteiger partial charge in [-0.1, -0.05) is 46.3 Å². The monoisotopic (exact) mass is 420 g/mol. The van der Waals surface area contributed by atoms with Crippen molar-refractivity contribution in [3.05, 3.63) is 64.6 Å². The number of halogens is 1. The lowest BCUT2D eigenvalue weighted by Gasteiger charge is -2.22. The smallest absolute Gasteiger partial charge is 0.411 e. The van der Waals surface area contributed by atoms with Crippen molar-refractivity contribution in [1.29, 1.82) is 0 Å². The highest BCUT2D eigenvalue weighted by Gasteiger charge is 2.35. The molecule has 1 saturated heterocycles. The lowest BCUT2D eigenvalue weighted by atomic mass is 10.2. The Kier molecular flexibility index (Phi) is 5.99. The third-order valence-corrected chi connectivity index (χ3v) is 5.28. The molecule has 0 spiro atoms. The van der Waals surface area contributed by atoms with Crippen molar-refractivity contribution in [3.63, 3.8) is 0 Å². The van der Waals surface area contributed by atoms with Gasteiger partial charge >= 0.3 is 6.09 Å². The molecule has 1 aliphatic rings. The molecule has 3 rings (SSSR count). The lowest BCUT2D eigenvalue weighted by molar-refractivity contribution is -0.119. The number of nitrogens with zero attached hydrogens (tertiary/aromatic N) is 1. The van der Waals surface area contributed by atoms with E-state index in [1.165, 1.54) is 16.7 Å². The largest absolute Gasteiger partial charge is 0.445 e. The predicted molar refractivity (Wildman–Crippen MR) is 102 cm³/mol. The number of carbonyl (C=O) groups excluding carboxylic acids is 2. The van der Waals surface area contributed by atoms with E-state index >= 15 is 0 Å². The molecule has 1 atom stereocenters. The fourth-order valence-electron chi connectivity index (χ4n) is 2.40. The Labute approximate surface area is 158 Å². The zero-order valence-corrected chi connectivity index (χ0v) is 15.8. The summed E-state index contributed by atoms with van der Waals surface area (Å²) in [7, 11) is 0. The summed E-state index contributed by atoms with van der Waals surface area (Å²) in [6.07, 6.45) is -0.468. The number of anilines is 1. The molecular formula is C18H17BrN2O3S. The summed E-state index contributed by atoms with van der Waals surface area (Å²) in [4.78, 5) is 26.3. The van der Waals surface area contributed by atoms with Crippen molar-refractivity contribution in [3.8, 4) is 0 Å².